The molecule has 0 aliphatic carbocycles. The highest BCUT2D eigenvalue weighted by Gasteiger charge is 1.93. The van der Waals surface area contributed by atoms with E-state index in [4.69, 9.17) is 11.6 Å². The number of halogens is 2. The Labute approximate surface area is 70.2 Å². The van der Waals surface area contributed by atoms with Gasteiger partial charge in [0.05, 0.1) is 11.6 Å². The molecule has 0 atom stereocenters. The second-order valence-electron chi connectivity index (χ2n) is 1.23. The van der Waals surface area contributed by atoms with Gasteiger partial charge >= 0.3 is 0 Å². The van der Waals surface area contributed by atoms with Crippen molar-refractivity contribution in [2.45, 2.75) is 5.88 Å². The molecule has 1 heterocycles. The van der Waals surface area contributed by atoms with Gasteiger partial charge in [-0.05, 0) is 22.6 Å². The summed E-state index contributed by atoms with van der Waals surface area (Å²) in [5, 5.41) is 1.97. The molecule has 8 heavy (non-hydrogen) atoms. The van der Waals surface area contributed by atoms with Crippen LogP contribution < -0.4 is 0 Å². The molecule has 0 N–H and O–H groups in total. The number of hydrogen-bond acceptors (Lipinski definition) is 2. The third-order valence-corrected chi connectivity index (χ3v) is 2.61. The number of hydrogen-bond donors (Lipinski definition) is 0. The average molecular weight is 259 g/mol. The van der Waals surface area contributed by atoms with Crippen molar-refractivity contribution >= 4 is 45.5 Å². The molecule has 0 radical (unpaired) electrons. The third kappa shape index (κ3) is 1.56. The van der Waals surface area contributed by atoms with E-state index in [1.807, 2.05) is 5.38 Å². The van der Waals surface area contributed by atoms with Crippen molar-refractivity contribution < 1.29 is 0 Å². The Morgan fingerprint density at radius 1 is 1.88 bits per heavy atom. The third-order valence-electron chi connectivity index (χ3n) is 0.661. The fourth-order valence-electron chi connectivity index (χ4n) is 0.344. The predicted molar refractivity (Wildman–Crippen MR) is 44.4 cm³/mol. The van der Waals surface area contributed by atoms with E-state index in [1.165, 1.54) is 0 Å². The summed E-state index contributed by atoms with van der Waals surface area (Å²) in [4.78, 5) is 4.10. The summed E-state index contributed by atoms with van der Waals surface area (Å²) in [5.41, 5.74) is 0.973. The zero-order valence-electron chi connectivity index (χ0n) is 3.90. The van der Waals surface area contributed by atoms with Crippen molar-refractivity contribution in [1.82, 2.24) is 4.98 Å². The van der Waals surface area contributed by atoms with Gasteiger partial charge < -0.3 is 0 Å². The molecule has 0 saturated heterocycles. The monoisotopic (exact) mass is 259 g/mol. The lowest BCUT2D eigenvalue weighted by molar-refractivity contribution is 1.20. The lowest BCUT2D eigenvalue weighted by Gasteiger charge is -1.76. The van der Waals surface area contributed by atoms with Gasteiger partial charge in [-0.2, -0.15) is 0 Å². The molecule has 0 unspecified atom stereocenters. The molecule has 1 rings (SSSR count). The maximum absolute atomic E-state index is 5.48. The van der Waals surface area contributed by atoms with Gasteiger partial charge in [-0.3, -0.25) is 0 Å². The summed E-state index contributed by atoms with van der Waals surface area (Å²) in [6.45, 7) is 0. The van der Waals surface area contributed by atoms with Crippen molar-refractivity contribution in [1.29, 1.82) is 0 Å². The van der Waals surface area contributed by atoms with Crippen molar-refractivity contribution in [2.24, 2.45) is 0 Å². The van der Waals surface area contributed by atoms with Crippen LogP contribution in [0.25, 0.3) is 0 Å². The molecule has 0 aliphatic heterocycles. The van der Waals surface area contributed by atoms with Crippen molar-refractivity contribution in [3.8, 4) is 0 Å². The van der Waals surface area contributed by atoms with E-state index < -0.39 is 0 Å². The van der Waals surface area contributed by atoms with Crippen LogP contribution in [0.5, 0.6) is 0 Å². The lowest BCUT2D eigenvalue weighted by Crippen LogP contribution is -1.73. The fraction of sp³-hybridized carbons (Fsp3) is 0.250. The topological polar surface area (TPSA) is 12.9 Å². The smallest absolute Gasteiger partial charge is 0.154 e. The van der Waals surface area contributed by atoms with E-state index in [1.54, 1.807) is 11.3 Å². The molecule has 0 amide bonds. The van der Waals surface area contributed by atoms with Crippen molar-refractivity contribution in [3.05, 3.63) is 14.1 Å². The Kier molecular flexibility index (Phi) is 2.52. The maximum atomic E-state index is 5.48. The van der Waals surface area contributed by atoms with Crippen LogP contribution in [0.3, 0.4) is 0 Å². The second-order valence-corrected chi connectivity index (χ2v) is 4.10. The van der Waals surface area contributed by atoms with Gasteiger partial charge in [-0.1, -0.05) is 0 Å². The normalized spacial score (nSPS) is 9.75. The first-order valence-corrected chi connectivity index (χ1v) is 4.48. The van der Waals surface area contributed by atoms with Crippen LogP contribution in [-0.4, -0.2) is 4.98 Å². The van der Waals surface area contributed by atoms with Crippen molar-refractivity contribution in [3.63, 3.8) is 0 Å². The highest BCUT2D eigenvalue weighted by molar-refractivity contribution is 14.1. The van der Waals surface area contributed by atoms with Crippen molar-refractivity contribution in [2.75, 3.05) is 0 Å². The largest absolute Gasteiger partial charge is 0.234 e. The Morgan fingerprint density at radius 3 is 2.88 bits per heavy atom. The summed E-state index contributed by atoms with van der Waals surface area (Å²) < 4.78 is 1.05. The van der Waals surface area contributed by atoms with Gasteiger partial charge in [0.25, 0.3) is 0 Å². The number of alkyl halides is 1. The molecule has 0 saturated carbocycles. The minimum absolute atomic E-state index is 0.527. The predicted octanol–water partition coefficient (Wildman–Crippen LogP) is 2.49. The Hall–Kier alpha value is 0.650. The molecule has 0 fully saturated rings. The quantitative estimate of drug-likeness (QED) is 0.558. The minimum atomic E-state index is 0.527. The zero-order valence-corrected chi connectivity index (χ0v) is 7.63. The van der Waals surface area contributed by atoms with E-state index in [0.717, 1.165) is 8.71 Å². The molecule has 44 valence electrons. The lowest BCUT2D eigenvalue weighted by atomic mass is 10.6. The molecular formula is C4H3ClINS. The van der Waals surface area contributed by atoms with E-state index in [-0.39, 0.29) is 0 Å². The van der Waals surface area contributed by atoms with Crippen LogP contribution in [-0.2, 0) is 5.88 Å². The molecule has 0 bridgehead atoms. The van der Waals surface area contributed by atoms with Gasteiger partial charge in [0.2, 0.25) is 0 Å². The zero-order chi connectivity index (χ0) is 5.98. The standard InChI is InChI=1S/C4H3ClINS/c5-1-3-2-8-4(6)7-3/h2H,1H2. The van der Waals surface area contributed by atoms with E-state index in [9.17, 15) is 0 Å². The van der Waals surface area contributed by atoms with Crippen LogP contribution in [0.2, 0.25) is 0 Å². The first-order chi connectivity index (χ1) is 3.83. The molecule has 0 spiro atoms. The molecule has 1 nitrogen and oxygen atoms in total. The maximum Gasteiger partial charge on any atom is 0.154 e. The number of aromatic nitrogens is 1. The minimum Gasteiger partial charge on any atom is -0.234 e. The summed E-state index contributed by atoms with van der Waals surface area (Å²) >= 11 is 9.27. The number of rotatable bonds is 1. The van der Waals surface area contributed by atoms with E-state index in [0.29, 0.717) is 5.88 Å². The Morgan fingerprint density at radius 2 is 2.62 bits per heavy atom. The van der Waals surface area contributed by atoms with Gasteiger partial charge in [-0.15, -0.1) is 22.9 Å². The van der Waals surface area contributed by atoms with E-state index >= 15 is 0 Å². The summed E-state index contributed by atoms with van der Waals surface area (Å²) in [6.07, 6.45) is 0. The average Bonchev–Trinajstić information content (AvgIpc) is 2.14. The fourth-order valence-corrected chi connectivity index (χ4v) is 1.80. The molecule has 0 aliphatic rings. The SMILES string of the molecule is ClCc1csc(I)n1. The Balaban J connectivity index is 2.84. The summed E-state index contributed by atoms with van der Waals surface area (Å²) in [7, 11) is 0. The van der Waals surface area contributed by atoms with Crippen LogP contribution >= 0.6 is 45.5 Å². The van der Waals surface area contributed by atoms with Crippen LogP contribution in [0, 0.1) is 3.01 Å². The molecule has 0 aromatic carbocycles. The summed E-state index contributed by atoms with van der Waals surface area (Å²) in [5.74, 6) is 0.527. The molecular weight excluding hydrogens is 256 g/mol. The first-order valence-electron chi connectivity index (χ1n) is 1.99. The van der Waals surface area contributed by atoms with E-state index in [2.05, 4.69) is 27.6 Å². The van der Waals surface area contributed by atoms with Crippen LogP contribution in [0.15, 0.2) is 5.38 Å². The van der Waals surface area contributed by atoms with Gasteiger partial charge in [-0.25, -0.2) is 4.98 Å². The molecule has 1 aromatic heterocycles. The highest BCUT2D eigenvalue weighted by Crippen LogP contribution is 2.12. The van der Waals surface area contributed by atoms with Gasteiger partial charge in [0, 0.05) is 5.38 Å². The van der Waals surface area contributed by atoms with Gasteiger partial charge in [0.1, 0.15) is 0 Å². The number of nitrogens with zero attached hydrogens (tertiary/aromatic N) is 1. The summed E-state index contributed by atoms with van der Waals surface area (Å²) in [6, 6.07) is 0. The number of thiazole rings is 1. The molecule has 1 aromatic rings. The highest BCUT2D eigenvalue weighted by atomic mass is 127. The van der Waals surface area contributed by atoms with Crippen LogP contribution in [0.1, 0.15) is 5.69 Å². The molecule has 4 heteroatoms. The Bertz CT molecular complexity index is 176. The second kappa shape index (κ2) is 2.98. The van der Waals surface area contributed by atoms with Crippen LogP contribution in [0.4, 0.5) is 0 Å². The first kappa shape index (κ1) is 6.77. The van der Waals surface area contributed by atoms with Gasteiger partial charge in [0.15, 0.2) is 3.01 Å².